The van der Waals surface area contributed by atoms with Gasteiger partial charge in [-0.25, -0.2) is 8.78 Å². The zero-order valence-electron chi connectivity index (χ0n) is 11.4. The molecular formula is C13H15F2N3O3. The number of piperidine rings is 1. The second kappa shape index (κ2) is 5.72. The van der Waals surface area contributed by atoms with Crippen molar-refractivity contribution in [1.29, 1.82) is 0 Å². The van der Waals surface area contributed by atoms with Crippen LogP contribution in [0, 0.1) is 27.2 Å². The number of amides is 1. The van der Waals surface area contributed by atoms with Crippen LogP contribution in [0.5, 0.6) is 0 Å². The highest BCUT2D eigenvalue weighted by Gasteiger charge is 2.36. The summed E-state index contributed by atoms with van der Waals surface area (Å²) < 4.78 is 27.0. The third-order valence-corrected chi connectivity index (χ3v) is 3.65. The highest BCUT2D eigenvalue weighted by atomic mass is 19.2. The Morgan fingerprint density at radius 3 is 2.76 bits per heavy atom. The zero-order chi connectivity index (χ0) is 15.6. The molecule has 0 saturated carbocycles. The summed E-state index contributed by atoms with van der Waals surface area (Å²) in [6, 6.07) is 1.49. The fraction of sp³-hybridized carbons (Fsp3) is 0.462. The number of halogens is 2. The third kappa shape index (κ3) is 2.99. The summed E-state index contributed by atoms with van der Waals surface area (Å²) in [6.07, 6.45) is 1.33. The SMILES string of the molecule is CC1(C(=O)Nc2c([N+](=O)[O-])ccc(F)c2F)CCCNC1. The summed E-state index contributed by atoms with van der Waals surface area (Å²) in [7, 11) is 0. The molecule has 1 heterocycles. The Hall–Kier alpha value is -2.09. The first-order valence-electron chi connectivity index (χ1n) is 6.50. The molecule has 0 aliphatic carbocycles. The molecule has 0 spiro atoms. The highest BCUT2D eigenvalue weighted by Crippen LogP contribution is 2.32. The van der Waals surface area contributed by atoms with Crippen LogP contribution in [-0.4, -0.2) is 23.9 Å². The molecule has 21 heavy (non-hydrogen) atoms. The third-order valence-electron chi connectivity index (χ3n) is 3.65. The first-order chi connectivity index (χ1) is 9.85. The molecule has 0 bridgehead atoms. The number of nitrogens with one attached hydrogen (secondary N) is 2. The van der Waals surface area contributed by atoms with Gasteiger partial charge in [0.25, 0.3) is 5.69 Å². The summed E-state index contributed by atoms with van der Waals surface area (Å²) in [6.45, 7) is 2.83. The van der Waals surface area contributed by atoms with Gasteiger partial charge in [-0.3, -0.25) is 14.9 Å². The molecule has 1 aromatic rings. The van der Waals surface area contributed by atoms with E-state index in [1.54, 1.807) is 6.92 Å². The van der Waals surface area contributed by atoms with Gasteiger partial charge in [0.05, 0.1) is 10.3 Å². The smallest absolute Gasteiger partial charge is 0.296 e. The summed E-state index contributed by atoms with van der Waals surface area (Å²) in [4.78, 5) is 22.3. The van der Waals surface area contributed by atoms with E-state index in [9.17, 15) is 23.7 Å². The van der Waals surface area contributed by atoms with Crippen LogP contribution in [0.15, 0.2) is 12.1 Å². The van der Waals surface area contributed by atoms with E-state index < -0.39 is 39.3 Å². The Kier molecular flexibility index (Phi) is 4.17. The normalized spacial score (nSPS) is 21.9. The standard InChI is InChI=1S/C13H15F2N3O3/c1-13(5-2-6-16-7-13)12(19)17-11-9(18(20)21)4-3-8(14)10(11)15/h3-4,16H,2,5-7H2,1H3,(H,17,19). The topological polar surface area (TPSA) is 84.3 Å². The van der Waals surface area contributed by atoms with Gasteiger partial charge < -0.3 is 10.6 Å². The number of benzene rings is 1. The molecule has 1 atom stereocenters. The van der Waals surface area contributed by atoms with Crippen molar-refractivity contribution in [3.05, 3.63) is 33.9 Å². The monoisotopic (exact) mass is 299 g/mol. The maximum Gasteiger partial charge on any atom is 0.296 e. The Bertz CT molecular complexity index is 586. The predicted molar refractivity (Wildman–Crippen MR) is 71.9 cm³/mol. The van der Waals surface area contributed by atoms with Gasteiger partial charge in [-0.15, -0.1) is 0 Å². The van der Waals surface area contributed by atoms with Crippen molar-refractivity contribution >= 4 is 17.3 Å². The van der Waals surface area contributed by atoms with Crippen LogP contribution in [-0.2, 0) is 4.79 Å². The van der Waals surface area contributed by atoms with Crippen molar-refractivity contribution < 1.29 is 18.5 Å². The maximum atomic E-state index is 13.8. The highest BCUT2D eigenvalue weighted by molar-refractivity contribution is 5.97. The summed E-state index contributed by atoms with van der Waals surface area (Å²) in [5.41, 5.74) is -2.21. The lowest BCUT2D eigenvalue weighted by atomic mass is 9.82. The minimum absolute atomic E-state index is 0.379. The lowest BCUT2D eigenvalue weighted by molar-refractivity contribution is -0.384. The molecule has 1 amide bonds. The lowest BCUT2D eigenvalue weighted by Crippen LogP contribution is -2.46. The molecule has 0 radical (unpaired) electrons. The maximum absolute atomic E-state index is 13.8. The second-order valence-corrected chi connectivity index (χ2v) is 5.31. The number of hydrogen-bond acceptors (Lipinski definition) is 4. The van der Waals surface area contributed by atoms with Gasteiger partial charge in [-0.1, -0.05) is 0 Å². The number of carbonyl (C=O) groups is 1. The largest absolute Gasteiger partial charge is 0.317 e. The number of carbonyl (C=O) groups excluding carboxylic acids is 1. The van der Waals surface area contributed by atoms with E-state index in [4.69, 9.17) is 0 Å². The van der Waals surface area contributed by atoms with E-state index in [1.165, 1.54) is 0 Å². The van der Waals surface area contributed by atoms with Gasteiger partial charge in [0.2, 0.25) is 5.91 Å². The van der Waals surface area contributed by atoms with E-state index >= 15 is 0 Å². The Labute approximate surface area is 119 Å². The average Bonchev–Trinajstić information content (AvgIpc) is 2.44. The van der Waals surface area contributed by atoms with Crippen LogP contribution < -0.4 is 10.6 Å². The Morgan fingerprint density at radius 1 is 1.48 bits per heavy atom. The molecule has 0 aromatic heterocycles. The number of nitrogens with zero attached hydrogens (tertiary/aromatic N) is 1. The molecule has 2 rings (SSSR count). The zero-order valence-corrected chi connectivity index (χ0v) is 11.4. The van der Waals surface area contributed by atoms with Crippen molar-refractivity contribution in [2.45, 2.75) is 19.8 Å². The van der Waals surface area contributed by atoms with E-state index in [-0.39, 0.29) is 0 Å². The number of rotatable bonds is 3. The van der Waals surface area contributed by atoms with Crippen LogP contribution >= 0.6 is 0 Å². The van der Waals surface area contributed by atoms with Gasteiger partial charge >= 0.3 is 0 Å². The van der Waals surface area contributed by atoms with Crippen LogP contribution in [0.4, 0.5) is 20.2 Å². The van der Waals surface area contributed by atoms with E-state index in [1.807, 2.05) is 0 Å². The van der Waals surface area contributed by atoms with Gasteiger partial charge in [0, 0.05) is 12.6 Å². The molecule has 1 fully saturated rings. The molecule has 1 aliphatic rings. The summed E-state index contributed by atoms with van der Waals surface area (Å²) >= 11 is 0. The van der Waals surface area contributed by atoms with Gasteiger partial charge in [0.1, 0.15) is 0 Å². The van der Waals surface area contributed by atoms with Crippen molar-refractivity contribution in [2.75, 3.05) is 18.4 Å². The molecular weight excluding hydrogens is 284 g/mol. The van der Waals surface area contributed by atoms with Crippen molar-refractivity contribution in [3.8, 4) is 0 Å². The fourth-order valence-electron chi connectivity index (χ4n) is 2.33. The minimum Gasteiger partial charge on any atom is -0.317 e. The Morgan fingerprint density at radius 2 is 2.19 bits per heavy atom. The van der Waals surface area contributed by atoms with Crippen molar-refractivity contribution in [1.82, 2.24) is 5.32 Å². The fourth-order valence-corrected chi connectivity index (χ4v) is 2.33. The number of hydrogen-bond donors (Lipinski definition) is 2. The molecule has 6 nitrogen and oxygen atoms in total. The van der Waals surface area contributed by atoms with Crippen molar-refractivity contribution in [3.63, 3.8) is 0 Å². The van der Waals surface area contributed by atoms with Crippen molar-refractivity contribution in [2.24, 2.45) is 5.41 Å². The molecule has 1 aromatic carbocycles. The molecule has 1 aliphatic heterocycles. The van der Waals surface area contributed by atoms with Gasteiger partial charge in [0.15, 0.2) is 17.3 Å². The van der Waals surface area contributed by atoms with Gasteiger partial charge in [-0.05, 0) is 32.4 Å². The van der Waals surface area contributed by atoms with E-state index in [0.29, 0.717) is 19.0 Å². The van der Waals surface area contributed by atoms with Crippen LogP contribution in [0.25, 0.3) is 0 Å². The number of anilines is 1. The molecule has 8 heteroatoms. The number of nitro benzene ring substituents is 1. The quantitative estimate of drug-likeness (QED) is 0.662. The van der Waals surface area contributed by atoms with E-state index in [0.717, 1.165) is 19.0 Å². The minimum atomic E-state index is -1.43. The predicted octanol–water partition coefficient (Wildman–Crippen LogP) is 2.20. The molecule has 2 N–H and O–H groups in total. The molecule has 1 saturated heterocycles. The number of nitro groups is 1. The van der Waals surface area contributed by atoms with Crippen LogP contribution in [0.3, 0.4) is 0 Å². The molecule has 114 valence electrons. The first-order valence-corrected chi connectivity index (χ1v) is 6.50. The van der Waals surface area contributed by atoms with Gasteiger partial charge in [-0.2, -0.15) is 0 Å². The van der Waals surface area contributed by atoms with Crippen LogP contribution in [0.2, 0.25) is 0 Å². The average molecular weight is 299 g/mol. The lowest BCUT2D eigenvalue weighted by Gasteiger charge is -2.32. The van der Waals surface area contributed by atoms with Crippen LogP contribution in [0.1, 0.15) is 19.8 Å². The Balaban J connectivity index is 2.32. The first kappa shape index (κ1) is 15.3. The summed E-state index contributed by atoms with van der Waals surface area (Å²) in [5, 5.41) is 16.1. The summed E-state index contributed by atoms with van der Waals surface area (Å²) in [5.74, 6) is -3.24. The molecule has 1 unspecified atom stereocenters. The second-order valence-electron chi connectivity index (χ2n) is 5.31. The van der Waals surface area contributed by atoms with E-state index in [2.05, 4.69) is 10.6 Å².